The molecular weight excluding hydrogens is 258 g/mol. The number of phenolic OH excluding ortho intramolecular Hbond substituents is 2. The van der Waals surface area contributed by atoms with Crippen LogP contribution in [0, 0.1) is 13.8 Å². The number of hydrogen-bond acceptors (Lipinski definition) is 5. The SMILES string of the molecule is Cc1ncc2c(c1O)C(c1ccc(O)c(C)c1O)OC2. The summed E-state index contributed by atoms with van der Waals surface area (Å²) in [4.78, 5) is 4.10. The molecule has 104 valence electrons. The van der Waals surface area contributed by atoms with Gasteiger partial charge in [0.2, 0.25) is 0 Å². The smallest absolute Gasteiger partial charge is 0.143 e. The molecule has 1 unspecified atom stereocenters. The third-order valence-corrected chi connectivity index (χ3v) is 3.74. The molecule has 1 aliphatic rings. The Balaban J connectivity index is 2.17. The Hall–Kier alpha value is -2.27. The molecule has 0 bridgehead atoms. The van der Waals surface area contributed by atoms with Crippen LogP contribution in [-0.2, 0) is 11.3 Å². The number of nitrogens with zero attached hydrogens (tertiary/aromatic N) is 1. The van der Waals surface area contributed by atoms with Crippen LogP contribution in [0.4, 0.5) is 0 Å². The first-order chi connectivity index (χ1) is 9.50. The summed E-state index contributed by atoms with van der Waals surface area (Å²) in [6.07, 6.45) is 1.13. The van der Waals surface area contributed by atoms with Crippen LogP contribution in [0.5, 0.6) is 17.2 Å². The molecule has 2 aromatic rings. The normalized spacial score (nSPS) is 17.2. The zero-order valence-corrected chi connectivity index (χ0v) is 11.2. The van der Waals surface area contributed by atoms with Crippen molar-refractivity contribution in [1.29, 1.82) is 0 Å². The molecule has 20 heavy (non-hydrogen) atoms. The van der Waals surface area contributed by atoms with Gasteiger partial charge in [-0.1, -0.05) is 0 Å². The third-order valence-electron chi connectivity index (χ3n) is 3.74. The maximum absolute atomic E-state index is 10.2. The topological polar surface area (TPSA) is 82.8 Å². The van der Waals surface area contributed by atoms with Crippen molar-refractivity contribution in [2.24, 2.45) is 0 Å². The summed E-state index contributed by atoms with van der Waals surface area (Å²) >= 11 is 0. The Morgan fingerprint density at radius 3 is 2.65 bits per heavy atom. The van der Waals surface area contributed by atoms with Crippen LogP contribution in [0.15, 0.2) is 18.3 Å². The van der Waals surface area contributed by atoms with Crippen LogP contribution in [0.25, 0.3) is 0 Å². The molecule has 1 aliphatic heterocycles. The van der Waals surface area contributed by atoms with Crippen molar-refractivity contribution >= 4 is 0 Å². The van der Waals surface area contributed by atoms with Crippen LogP contribution in [-0.4, -0.2) is 20.3 Å². The molecule has 0 saturated heterocycles. The first-order valence-corrected chi connectivity index (χ1v) is 6.31. The number of aryl methyl sites for hydroxylation is 1. The molecule has 0 aliphatic carbocycles. The molecular formula is C15H15NO4. The largest absolute Gasteiger partial charge is 0.508 e. The third kappa shape index (κ3) is 1.71. The van der Waals surface area contributed by atoms with E-state index in [1.807, 2.05) is 0 Å². The second-order valence-corrected chi connectivity index (χ2v) is 4.97. The molecule has 0 radical (unpaired) electrons. The number of rotatable bonds is 1. The zero-order valence-electron chi connectivity index (χ0n) is 11.2. The minimum Gasteiger partial charge on any atom is -0.508 e. The molecule has 0 fully saturated rings. The summed E-state index contributed by atoms with van der Waals surface area (Å²) < 4.78 is 5.68. The molecule has 0 amide bonds. The van der Waals surface area contributed by atoms with Gasteiger partial charge in [0, 0.05) is 28.5 Å². The van der Waals surface area contributed by atoms with Gasteiger partial charge < -0.3 is 20.1 Å². The average molecular weight is 273 g/mol. The number of aromatic hydroxyl groups is 3. The lowest BCUT2D eigenvalue weighted by atomic mass is 9.96. The standard InChI is InChI=1S/C15H15NO4/c1-7-11(17)4-3-10(13(7)18)15-12-9(6-20-15)5-16-8(2)14(12)19/h3-5,15,17-19H,6H2,1-2H3. The van der Waals surface area contributed by atoms with Crippen molar-refractivity contribution in [2.75, 3.05) is 0 Å². The monoisotopic (exact) mass is 273 g/mol. The second-order valence-electron chi connectivity index (χ2n) is 4.97. The molecule has 5 heteroatoms. The van der Waals surface area contributed by atoms with Crippen molar-refractivity contribution in [3.05, 3.63) is 46.3 Å². The first-order valence-electron chi connectivity index (χ1n) is 6.31. The number of fused-ring (bicyclic) bond motifs is 1. The molecule has 1 aromatic heterocycles. The predicted octanol–water partition coefficient (Wildman–Crippen LogP) is 2.43. The summed E-state index contributed by atoms with van der Waals surface area (Å²) in [6.45, 7) is 3.68. The van der Waals surface area contributed by atoms with Gasteiger partial charge in [0.25, 0.3) is 0 Å². The fourth-order valence-corrected chi connectivity index (χ4v) is 2.48. The first kappa shape index (κ1) is 12.7. The van der Waals surface area contributed by atoms with Crippen molar-refractivity contribution in [2.45, 2.75) is 26.6 Å². The minimum absolute atomic E-state index is 0.0169. The van der Waals surface area contributed by atoms with E-state index in [4.69, 9.17) is 4.74 Å². The predicted molar refractivity (Wildman–Crippen MR) is 71.8 cm³/mol. The molecule has 3 rings (SSSR count). The number of phenols is 2. The quantitative estimate of drug-likeness (QED) is 0.743. The summed E-state index contributed by atoms with van der Waals surface area (Å²) in [5, 5.41) is 30.0. The summed E-state index contributed by atoms with van der Waals surface area (Å²) in [5.74, 6) is 0.103. The van der Waals surface area contributed by atoms with Crippen molar-refractivity contribution in [3.63, 3.8) is 0 Å². The van der Waals surface area contributed by atoms with Gasteiger partial charge in [-0.25, -0.2) is 0 Å². The summed E-state index contributed by atoms with van der Waals surface area (Å²) in [6, 6.07) is 3.11. The molecule has 0 spiro atoms. The van der Waals surface area contributed by atoms with E-state index >= 15 is 0 Å². The Kier molecular flexibility index (Phi) is 2.79. The lowest BCUT2D eigenvalue weighted by molar-refractivity contribution is 0.0909. The maximum atomic E-state index is 10.2. The van der Waals surface area contributed by atoms with E-state index in [9.17, 15) is 15.3 Å². The minimum atomic E-state index is -0.550. The van der Waals surface area contributed by atoms with Gasteiger partial charge in [-0.15, -0.1) is 0 Å². The number of aromatic nitrogens is 1. The number of hydrogen-bond donors (Lipinski definition) is 3. The second kappa shape index (κ2) is 4.38. The van der Waals surface area contributed by atoms with E-state index in [-0.39, 0.29) is 17.2 Å². The van der Waals surface area contributed by atoms with Crippen molar-refractivity contribution < 1.29 is 20.1 Å². The maximum Gasteiger partial charge on any atom is 0.143 e. The van der Waals surface area contributed by atoms with Crippen LogP contribution in [0.2, 0.25) is 0 Å². The lowest BCUT2D eigenvalue weighted by Crippen LogP contribution is -2.01. The molecule has 2 heterocycles. The Morgan fingerprint density at radius 2 is 1.90 bits per heavy atom. The van der Waals surface area contributed by atoms with E-state index in [2.05, 4.69) is 4.98 Å². The molecule has 0 saturated carbocycles. The zero-order chi connectivity index (χ0) is 14.4. The Labute approximate surface area is 116 Å². The highest BCUT2D eigenvalue weighted by atomic mass is 16.5. The summed E-state index contributed by atoms with van der Waals surface area (Å²) in [5.41, 5.74) is 2.89. The van der Waals surface area contributed by atoms with Gasteiger partial charge in [-0.3, -0.25) is 4.98 Å². The van der Waals surface area contributed by atoms with E-state index in [0.717, 1.165) is 5.56 Å². The molecule has 5 nitrogen and oxygen atoms in total. The highest BCUT2D eigenvalue weighted by molar-refractivity contribution is 5.55. The van der Waals surface area contributed by atoms with Crippen molar-refractivity contribution in [3.8, 4) is 17.2 Å². The lowest BCUT2D eigenvalue weighted by Gasteiger charge is -2.16. The molecule has 3 N–H and O–H groups in total. The van der Waals surface area contributed by atoms with Gasteiger partial charge in [0.15, 0.2) is 0 Å². The van der Waals surface area contributed by atoms with Gasteiger partial charge in [0.1, 0.15) is 23.4 Å². The highest BCUT2D eigenvalue weighted by Crippen LogP contribution is 2.45. The van der Waals surface area contributed by atoms with E-state index < -0.39 is 6.10 Å². The highest BCUT2D eigenvalue weighted by Gasteiger charge is 2.31. The number of benzene rings is 1. The van der Waals surface area contributed by atoms with Crippen LogP contribution in [0.1, 0.15) is 34.1 Å². The van der Waals surface area contributed by atoms with Gasteiger partial charge >= 0.3 is 0 Å². The fraction of sp³-hybridized carbons (Fsp3) is 0.267. The van der Waals surface area contributed by atoms with E-state index in [1.54, 1.807) is 26.1 Å². The number of ether oxygens (including phenoxy) is 1. The molecule has 1 aromatic carbocycles. The summed E-state index contributed by atoms with van der Waals surface area (Å²) in [7, 11) is 0. The van der Waals surface area contributed by atoms with Gasteiger partial charge in [-0.05, 0) is 26.0 Å². The van der Waals surface area contributed by atoms with E-state index in [1.165, 1.54) is 6.07 Å². The van der Waals surface area contributed by atoms with E-state index in [0.29, 0.717) is 29.0 Å². The average Bonchev–Trinajstić information content (AvgIpc) is 2.85. The van der Waals surface area contributed by atoms with Gasteiger partial charge in [0.05, 0.1) is 12.3 Å². The van der Waals surface area contributed by atoms with Crippen LogP contribution >= 0.6 is 0 Å². The van der Waals surface area contributed by atoms with Crippen LogP contribution < -0.4 is 0 Å². The number of pyridine rings is 1. The molecule has 1 atom stereocenters. The fourth-order valence-electron chi connectivity index (χ4n) is 2.48. The van der Waals surface area contributed by atoms with Crippen LogP contribution in [0.3, 0.4) is 0 Å². The van der Waals surface area contributed by atoms with Gasteiger partial charge in [-0.2, -0.15) is 0 Å². The Bertz CT molecular complexity index is 697. The van der Waals surface area contributed by atoms with Crippen molar-refractivity contribution in [1.82, 2.24) is 4.98 Å². The Morgan fingerprint density at radius 1 is 1.15 bits per heavy atom.